The van der Waals surface area contributed by atoms with E-state index >= 15 is 0 Å². The highest BCUT2D eigenvalue weighted by molar-refractivity contribution is 5.86. The summed E-state index contributed by atoms with van der Waals surface area (Å²) >= 11 is 0. The number of methoxy groups -OCH3 is 1. The summed E-state index contributed by atoms with van der Waals surface area (Å²) in [7, 11) is 1.40. The highest BCUT2D eigenvalue weighted by Crippen LogP contribution is 2.30. The Labute approximate surface area is 87.5 Å². The molecule has 0 spiro atoms. The fourth-order valence-corrected chi connectivity index (χ4v) is 1.25. The summed E-state index contributed by atoms with van der Waals surface area (Å²) in [6, 6.07) is 4.30. The van der Waals surface area contributed by atoms with Gasteiger partial charge in [0.25, 0.3) is 0 Å². The smallest absolute Gasteiger partial charge is 0.457 e. The Bertz CT molecular complexity index is 364. The minimum Gasteiger partial charge on any atom is -0.504 e. The van der Waals surface area contributed by atoms with Crippen molar-refractivity contribution < 1.29 is 19.7 Å². The van der Waals surface area contributed by atoms with Crippen molar-refractivity contribution in [2.45, 2.75) is 6.92 Å². The third kappa shape index (κ3) is 2.31. The molecule has 0 saturated carbocycles. The number of rotatable bonds is 3. The van der Waals surface area contributed by atoms with Crippen LogP contribution in [0.2, 0.25) is 0 Å². The lowest BCUT2D eigenvalue weighted by Crippen LogP contribution is -2.27. The summed E-state index contributed by atoms with van der Waals surface area (Å²) in [6.45, 7) is 1.96. The third-order valence-corrected chi connectivity index (χ3v) is 2.01. The van der Waals surface area contributed by atoms with E-state index in [1.54, 1.807) is 6.92 Å². The van der Waals surface area contributed by atoms with Gasteiger partial charge in [0.1, 0.15) is 0 Å². The minimum absolute atomic E-state index is 0.0318. The summed E-state index contributed by atoms with van der Waals surface area (Å²) in [5, 5.41) is 20.0. The average molecular weight is 210 g/mol. The summed E-state index contributed by atoms with van der Waals surface area (Å²) in [6.07, 6.45) is -1.29. The second kappa shape index (κ2) is 4.54. The first-order valence-corrected chi connectivity index (χ1v) is 4.45. The molecule has 0 aliphatic heterocycles. The molecule has 5 heteroatoms. The maximum Gasteiger partial charge on any atom is 0.457 e. The van der Waals surface area contributed by atoms with E-state index in [9.17, 15) is 15.0 Å². The molecule has 1 N–H and O–H groups in total. The predicted octanol–water partition coefficient (Wildman–Crippen LogP) is 1.78. The molecule has 0 heterocycles. The van der Waals surface area contributed by atoms with E-state index in [-0.39, 0.29) is 18.0 Å². The van der Waals surface area contributed by atoms with Crippen molar-refractivity contribution >= 4 is 11.8 Å². The number of phenols is 1. The van der Waals surface area contributed by atoms with Crippen molar-refractivity contribution in [1.29, 1.82) is 0 Å². The lowest BCUT2D eigenvalue weighted by molar-refractivity contribution is 0.177. The highest BCUT2D eigenvalue weighted by Gasteiger charge is 2.15. The average Bonchev–Trinajstić information content (AvgIpc) is 2.21. The number of carbonyl (C=O) groups is 1. The number of anilines is 1. The van der Waals surface area contributed by atoms with Crippen LogP contribution >= 0.6 is 0 Å². The number of amides is 1. The molecular formula is C10H12NO4. The topological polar surface area (TPSA) is 69.7 Å². The zero-order chi connectivity index (χ0) is 11.4. The Hall–Kier alpha value is -1.91. The molecule has 0 atom stereocenters. The van der Waals surface area contributed by atoms with Crippen LogP contribution in [0.25, 0.3) is 0 Å². The second-order valence-electron chi connectivity index (χ2n) is 2.87. The Morgan fingerprint density at radius 1 is 1.53 bits per heavy atom. The van der Waals surface area contributed by atoms with Gasteiger partial charge in [0.15, 0.2) is 11.5 Å². The standard InChI is InChI=1S/C10H12NO4/c1-3-11(10(13)14)7-4-5-8(12)9(6-7)15-2/h4-6,12H,3H2,1-2H3. The van der Waals surface area contributed by atoms with Gasteiger partial charge in [-0.05, 0) is 19.1 Å². The number of nitrogens with zero attached hydrogens (tertiary/aromatic N) is 1. The van der Waals surface area contributed by atoms with Crippen LogP contribution in [0.5, 0.6) is 11.5 Å². The molecule has 1 aromatic carbocycles. The molecule has 1 amide bonds. The second-order valence-corrected chi connectivity index (χ2v) is 2.87. The van der Waals surface area contributed by atoms with Gasteiger partial charge in [0, 0.05) is 12.6 Å². The van der Waals surface area contributed by atoms with Crippen LogP contribution in [0.4, 0.5) is 10.5 Å². The van der Waals surface area contributed by atoms with Crippen LogP contribution in [0.3, 0.4) is 0 Å². The van der Waals surface area contributed by atoms with Crippen LogP contribution < -0.4 is 9.64 Å². The quantitative estimate of drug-likeness (QED) is 0.826. The fraction of sp³-hybridized carbons (Fsp3) is 0.300. The minimum atomic E-state index is -1.29. The number of ether oxygens (including phenoxy) is 1. The molecule has 0 bridgehead atoms. The number of benzene rings is 1. The molecule has 0 unspecified atom stereocenters. The largest absolute Gasteiger partial charge is 0.504 e. The maximum atomic E-state index is 10.7. The molecule has 0 fully saturated rings. The first-order chi connectivity index (χ1) is 7.10. The molecule has 0 saturated heterocycles. The number of carbonyl (C=O) groups excluding carboxylic acids is 1. The van der Waals surface area contributed by atoms with Gasteiger partial charge in [-0.25, -0.2) is 9.90 Å². The fourth-order valence-electron chi connectivity index (χ4n) is 1.25. The first-order valence-electron chi connectivity index (χ1n) is 4.45. The molecule has 1 rings (SSSR count). The van der Waals surface area contributed by atoms with Crippen LogP contribution in [0.15, 0.2) is 18.2 Å². The third-order valence-electron chi connectivity index (χ3n) is 2.01. The van der Waals surface area contributed by atoms with Crippen molar-refractivity contribution in [2.75, 3.05) is 18.6 Å². The van der Waals surface area contributed by atoms with Gasteiger partial charge in [-0.15, -0.1) is 0 Å². The number of aromatic hydroxyl groups is 1. The van der Waals surface area contributed by atoms with Crippen molar-refractivity contribution in [3.63, 3.8) is 0 Å². The Balaban J connectivity index is 3.09. The molecule has 0 aliphatic rings. The Morgan fingerprint density at radius 3 is 2.67 bits per heavy atom. The van der Waals surface area contributed by atoms with Crippen molar-refractivity contribution in [3.05, 3.63) is 18.2 Å². The zero-order valence-electron chi connectivity index (χ0n) is 8.56. The molecule has 15 heavy (non-hydrogen) atoms. The molecule has 1 aromatic rings. The van der Waals surface area contributed by atoms with E-state index in [1.807, 2.05) is 0 Å². The molecular weight excluding hydrogens is 198 g/mol. The molecule has 0 aliphatic carbocycles. The normalized spacial score (nSPS) is 9.73. The predicted molar refractivity (Wildman–Crippen MR) is 53.8 cm³/mol. The molecule has 0 aromatic heterocycles. The number of hydrogen-bond donors (Lipinski definition) is 1. The van der Waals surface area contributed by atoms with Gasteiger partial charge in [-0.3, -0.25) is 4.90 Å². The van der Waals surface area contributed by atoms with Gasteiger partial charge in [0.2, 0.25) is 0 Å². The summed E-state index contributed by atoms with van der Waals surface area (Å²) in [5.74, 6) is 0.197. The van der Waals surface area contributed by atoms with Crippen LogP contribution in [-0.2, 0) is 5.11 Å². The van der Waals surface area contributed by atoms with Crippen LogP contribution in [0, 0.1) is 0 Å². The van der Waals surface area contributed by atoms with Gasteiger partial charge in [-0.1, -0.05) is 0 Å². The molecule has 1 radical (unpaired) electrons. The van der Waals surface area contributed by atoms with Gasteiger partial charge < -0.3 is 9.84 Å². The summed E-state index contributed by atoms with van der Waals surface area (Å²) in [4.78, 5) is 11.8. The van der Waals surface area contributed by atoms with Crippen molar-refractivity contribution in [1.82, 2.24) is 0 Å². The van der Waals surface area contributed by atoms with Gasteiger partial charge >= 0.3 is 6.09 Å². The van der Waals surface area contributed by atoms with E-state index in [0.29, 0.717) is 5.69 Å². The number of hydrogen-bond acceptors (Lipinski definition) is 3. The van der Waals surface area contributed by atoms with Crippen molar-refractivity contribution in [2.24, 2.45) is 0 Å². The summed E-state index contributed by atoms with van der Waals surface area (Å²) < 4.78 is 4.87. The molecule has 81 valence electrons. The Morgan fingerprint density at radius 2 is 2.20 bits per heavy atom. The van der Waals surface area contributed by atoms with Crippen LogP contribution in [0.1, 0.15) is 6.92 Å². The van der Waals surface area contributed by atoms with E-state index in [2.05, 4.69) is 0 Å². The van der Waals surface area contributed by atoms with E-state index in [1.165, 1.54) is 25.3 Å². The highest BCUT2D eigenvalue weighted by atomic mass is 16.5. The van der Waals surface area contributed by atoms with Gasteiger partial charge in [0.05, 0.1) is 12.8 Å². The monoisotopic (exact) mass is 210 g/mol. The Kier molecular flexibility index (Phi) is 3.38. The molecule has 5 nitrogen and oxygen atoms in total. The first kappa shape index (κ1) is 11.2. The lowest BCUT2D eigenvalue weighted by Gasteiger charge is -2.16. The zero-order valence-corrected chi connectivity index (χ0v) is 8.56. The lowest BCUT2D eigenvalue weighted by atomic mass is 10.2. The maximum absolute atomic E-state index is 10.7. The van der Waals surface area contributed by atoms with Gasteiger partial charge in [-0.2, -0.15) is 0 Å². The van der Waals surface area contributed by atoms with Crippen molar-refractivity contribution in [3.8, 4) is 11.5 Å². The van der Waals surface area contributed by atoms with E-state index in [0.717, 1.165) is 4.90 Å². The number of phenolic OH excluding ortho intramolecular Hbond substituents is 1. The summed E-state index contributed by atoms with van der Waals surface area (Å²) in [5.41, 5.74) is 0.409. The van der Waals surface area contributed by atoms with Crippen LogP contribution in [-0.4, -0.2) is 24.9 Å². The van der Waals surface area contributed by atoms with E-state index < -0.39 is 6.09 Å². The SMILES string of the molecule is CCN(C([O])=O)c1ccc(O)c(OC)c1. The van der Waals surface area contributed by atoms with E-state index in [4.69, 9.17) is 4.74 Å².